The first kappa shape index (κ1) is 19.9. The summed E-state index contributed by atoms with van der Waals surface area (Å²) in [7, 11) is 1.98. The van der Waals surface area contributed by atoms with E-state index < -0.39 is 0 Å². The fourth-order valence-corrected chi connectivity index (χ4v) is 4.72. The van der Waals surface area contributed by atoms with Crippen molar-refractivity contribution in [2.24, 2.45) is 7.05 Å². The van der Waals surface area contributed by atoms with Gasteiger partial charge in [-0.3, -0.25) is 4.57 Å². The third-order valence-corrected chi connectivity index (χ3v) is 6.40. The molecule has 1 fully saturated rings. The van der Waals surface area contributed by atoms with Crippen LogP contribution in [0.25, 0.3) is 11.4 Å². The average molecular weight is 446 g/mol. The van der Waals surface area contributed by atoms with Crippen LogP contribution < -0.4 is 9.64 Å². The molecule has 0 N–H and O–H groups in total. The van der Waals surface area contributed by atoms with Crippen molar-refractivity contribution in [2.75, 3.05) is 18.0 Å². The Morgan fingerprint density at radius 3 is 2.88 bits per heavy atom. The second kappa shape index (κ2) is 7.99. The van der Waals surface area contributed by atoms with E-state index in [0.717, 1.165) is 43.3 Å². The maximum Gasteiger partial charge on any atom is 0.231 e. The molecule has 1 saturated heterocycles. The lowest BCUT2D eigenvalue weighted by Crippen LogP contribution is -2.36. The average Bonchev–Trinajstić information content (AvgIpc) is 3.57. The van der Waals surface area contributed by atoms with Crippen LogP contribution in [0.2, 0.25) is 0 Å². The lowest BCUT2D eigenvalue weighted by Gasteiger charge is -2.31. The van der Waals surface area contributed by atoms with E-state index in [2.05, 4.69) is 31.3 Å². The van der Waals surface area contributed by atoms with E-state index in [-0.39, 0.29) is 17.8 Å². The Morgan fingerprint density at radius 2 is 2.00 bits per heavy atom. The third-order valence-electron chi connectivity index (χ3n) is 6.40. The topological polar surface area (TPSA) is 82.1 Å². The molecular weight excluding hydrogens is 423 g/mol. The van der Waals surface area contributed by atoms with Gasteiger partial charge in [-0.05, 0) is 36.6 Å². The van der Waals surface area contributed by atoms with Gasteiger partial charge in [0.15, 0.2) is 11.9 Å². The lowest BCUT2D eigenvalue weighted by molar-refractivity contribution is 0.223. The number of anilines is 1. The Hall–Kier alpha value is -3.75. The predicted octanol–water partition coefficient (Wildman–Crippen LogP) is 4.06. The number of hydrogen-bond donors (Lipinski definition) is 0. The summed E-state index contributed by atoms with van der Waals surface area (Å²) in [6, 6.07) is 14.3. The van der Waals surface area contributed by atoms with Crippen molar-refractivity contribution in [3.63, 3.8) is 0 Å². The molecule has 2 aromatic heterocycles. The SMILES string of the molecule is Cn1c(C2Cc3ccccc3O2)nnc1N1CCCC(c2nc(-c3cccc(F)c3)no2)C1. The van der Waals surface area contributed by atoms with E-state index in [1.807, 2.05) is 29.8 Å². The van der Waals surface area contributed by atoms with Gasteiger partial charge < -0.3 is 14.2 Å². The van der Waals surface area contributed by atoms with Crippen molar-refractivity contribution in [1.29, 1.82) is 0 Å². The van der Waals surface area contributed by atoms with Crippen molar-refractivity contribution in [1.82, 2.24) is 24.9 Å². The zero-order valence-corrected chi connectivity index (χ0v) is 18.2. The van der Waals surface area contributed by atoms with Gasteiger partial charge in [-0.15, -0.1) is 10.2 Å². The molecular formula is C24H23FN6O2. The number of hydrogen-bond acceptors (Lipinski definition) is 7. The van der Waals surface area contributed by atoms with Gasteiger partial charge >= 0.3 is 0 Å². The van der Waals surface area contributed by atoms with Crippen LogP contribution in [0, 0.1) is 5.82 Å². The molecule has 33 heavy (non-hydrogen) atoms. The van der Waals surface area contributed by atoms with Gasteiger partial charge in [0.2, 0.25) is 17.7 Å². The quantitative estimate of drug-likeness (QED) is 0.467. The van der Waals surface area contributed by atoms with E-state index in [1.165, 1.54) is 17.7 Å². The molecule has 8 nitrogen and oxygen atoms in total. The molecule has 0 radical (unpaired) electrons. The zero-order chi connectivity index (χ0) is 22.4. The number of nitrogens with zero attached hydrogens (tertiary/aromatic N) is 6. The standard InChI is InChI=1S/C24H23FN6O2/c1-30-22(20-13-15-6-2-3-10-19(15)32-20)27-28-24(30)31-11-5-8-17(14-31)23-26-21(29-33-23)16-7-4-9-18(25)12-16/h2-4,6-7,9-10,12,17,20H,5,8,11,13-14H2,1H3. The summed E-state index contributed by atoms with van der Waals surface area (Å²) in [4.78, 5) is 6.76. The molecule has 0 saturated carbocycles. The van der Waals surface area contributed by atoms with Gasteiger partial charge in [0, 0.05) is 32.1 Å². The highest BCUT2D eigenvalue weighted by molar-refractivity contribution is 5.54. The summed E-state index contributed by atoms with van der Waals surface area (Å²) >= 11 is 0. The Bertz CT molecular complexity index is 1280. The van der Waals surface area contributed by atoms with Crippen LogP contribution in [0.15, 0.2) is 53.1 Å². The van der Waals surface area contributed by atoms with E-state index in [4.69, 9.17) is 9.26 Å². The minimum Gasteiger partial charge on any atom is -0.482 e. The fraction of sp³-hybridized carbons (Fsp3) is 0.333. The van der Waals surface area contributed by atoms with Gasteiger partial charge in [-0.2, -0.15) is 4.98 Å². The van der Waals surface area contributed by atoms with Crippen LogP contribution in [-0.2, 0) is 13.5 Å². The highest BCUT2D eigenvalue weighted by atomic mass is 19.1. The smallest absolute Gasteiger partial charge is 0.231 e. The van der Waals surface area contributed by atoms with E-state index in [1.54, 1.807) is 12.1 Å². The van der Waals surface area contributed by atoms with Gasteiger partial charge in [-0.1, -0.05) is 35.5 Å². The van der Waals surface area contributed by atoms with Crippen LogP contribution >= 0.6 is 0 Å². The Balaban J connectivity index is 1.20. The number of ether oxygens (including phenoxy) is 1. The number of piperidine rings is 1. The van der Waals surface area contributed by atoms with Gasteiger partial charge in [0.1, 0.15) is 11.6 Å². The molecule has 2 atom stereocenters. The molecule has 2 unspecified atom stereocenters. The van der Waals surface area contributed by atoms with Crippen molar-refractivity contribution in [3.05, 3.63) is 71.6 Å². The zero-order valence-electron chi connectivity index (χ0n) is 18.2. The normalized spacial score (nSPS) is 20.0. The molecule has 9 heteroatoms. The molecule has 2 aliphatic heterocycles. The van der Waals surface area contributed by atoms with E-state index in [0.29, 0.717) is 23.8 Å². The summed E-state index contributed by atoms with van der Waals surface area (Å²) in [5.41, 5.74) is 1.80. The highest BCUT2D eigenvalue weighted by Gasteiger charge is 2.32. The number of fused-ring (bicyclic) bond motifs is 1. The van der Waals surface area contributed by atoms with Gasteiger partial charge in [0.05, 0.1) is 5.92 Å². The Labute approximate surface area is 190 Å². The van der Waals surface area contributed by atoms with Crippen molar-refractivity contribution < 1.29 is 13.7 Å². The van der Waals surface area contributed by atoms with Crippen molar-refractivity contribution in [2.45, 2.75) is 31.3 Å². The largest absolute Gasteiger partial charge is 0.482 e. The summed E-state index contributed by atoms with van der Waals surface area (Å²) in [5, 5.41) is 13.0. The van der Waals surface area contributed by atoms with Crippen LogP contribution in [0.1, 0.15) is 42.1 Å². The summed E-state index contributed by atoms with van der Waals surface area (Å²) in [6.45, 7) is 1.57. The Morgan fingerprint density at radius 1 is 1.09 bits per heavy atom. The molecule has 4 heterocycles. The molecule has 0 amide bonds. The second-order valence-corrected chi connectivity index (χ2v) is 8.59. The summed E-state index contributed by atoms with van der Waals surface area (Å²) < 4.78 is 27.3. The summed E-state index contributed by atoms with van der Waals surface area (Å²) in [6.07, 6.45) is 2.55. The maximum absolute atomic E-state index is 13.6. The minimum atomic E-state index is -0.324. The predicted molar refractivity (Wildman–Crippen MR) is 118 cm³/mol. The first-order valence-electron chi connectivity index (χ1n) is 11.1. The van der Waals surface area contributed by atoms with Gasteiger partial charge in [0.25, 0.3) is 0 Å². The van der Waals surface area contributed by atoms with E-state index >= 15 is 0 Å². The maximum atomic E-state index is 13.6. The van der Waals surface area contributed by atoms with Crippen LogP contribution in [-0.4, -0.2) is 38.0 Å². The molecule has 2 aliphatic rings. The molecule has 4 aromatic rings. The first-order chi connectivity index (χ1) is 16.2. The number of benzene rings is 2. The monoisotopic (exact) mass is 446 g/mol. The molecule has 0 bridgehead atoms. The molecule has 168 valence electrons. The van der Waals surface area contributed by atoms with Crippen molar-refractivity contribution in [3.8, 4) is 17.1 Å². The fourth-order valence-electron chi connectivity index (χ4n) is 4.72. The molecule has 6 rings (SSSR count). The highest BCUT2D eigenvalue weighted by Crippen LogP contribution is 2.37. The summed E-state index contributed by atoms with van der Waals surface area (Å²) in [5.74, 6) is 3.25. The van der Waals surface area contributed by atoms with Crippen LogP contribution in [0.3, 0.4) is 0 Å². The third kappa shape index (κ3) is 3.63. The van der Waals surface area contributed by atoms with Crippen LogP contribution in [0.4, 0.5) is 10.3 Å². The van der Waals surface area contributed by atoms with Crippen molar-refractivity contribution >= 4 is 5.95 Å². The number of aromatic nitrogens is 5. The first-order valence-corrected chi connectivity index (χ1v) is 11.1. The van der Waals surface area contributed by atoms with Gasteiger partial charge in [-0.25, -0.2) is 4.39 Å². The molecule has 2 aromatic carbocycles. The number of para-hydroxylation sites is 1. The Kier molecular flexibility index (Phi) is 4.82. The molecule has 0 spiro atoms. The second-order valence-electron chi connectivity index (χ2n) is 8.59. The number of rotatable bonds is 4. The number of halogens is 1. The van der Waals surface area contributed by atoms with Crippen LogP contribution in [0.5, 0.6) is 5.75 Å². The molecule has 0 aliphatic carbocycles. The van der Waals surface area contributed by atoms with E-state index in [9.17, 15) is 4.39 Å². The minimum absolute atomic E-state index is 0.0701. The lowest BCUT2D eigenvalue weighted by atomic mass is 9.98.